The van der Waals surface area contributed by atoms with Gasteiger partial charge in [0.1, 0.15) is 0 Å². The molecule has 0 fully saturated rings. The van der Waals surface area contributed by atoms with E-state index in [1.165, 1.54) is 6.39 Å². The molecule has 19 heavy (non-hydrogen) atoms. The van der Waals surface area contributed by atoms with Gasteiger partial charge in [-0.05, 0) is 18.6 Å². The lowest BCUT2D eigenvalue weighted by atomic mass is 10.2. The third kappa shape index (κ3) is 4.18. The molecule has 0 spiro atoms. The van der Waals surface area contributed by atoms with E-state index in [9.17, 15) is 4.79 Å². The number of hydrogen-bond acceptors (Lipinski definition) is 5. The number of aromatic nitrogens is 2. The Kier molecular flexibility index (Phi) is 4.63. The average molecular weight is 260 g/mol. The predicted molar refractivity (Wildman–Crippen MR) is 70.7 cm³/mol. The maximum absolute atomic E-state index is 11.7. The van der Waals surface area contributed by atoms with E-state index >= 15 is 0 Å². The summed E-state index contributed by atoms with van der Waals surface area (Å²) in [6.07, 6.45) is 1.92. The zero-order valence-corrected chi connectivity index (χ0v) is 10.7. The Labute approximate surface area is 111 Å². The Hall–Kier alpha value is -2.21. The van der Waals surface area contributed by atoms with Gasteiger partial charge >= 0.3 is 0 Å². The third-order valence-corrected chi connectivity index (χ3v) is 2.64. The molecular weight excluding hydrogens is 244 g/mol. The summed E-state index contributed by atoms with van der Waals surface area (Å²) in [5.74, 6) is 0.564. The summed E-state index contributed by atoms with van der Waals surface area (Å²) in [5, 5.41) is 9.57. The summed E-state index contributed by atoms with van der Waals surface area (Å²) in [4.78, 5) is 15.6. The van der Waals surface area contributed by atoms with Crippen molar-refractivity contribution < 1.29 is 9.32 Å². The van der Waals surface area contributed by atoms with E-state index in [-0.39, 0.29) is 12.5 Å². The molecule has 1 amide bonds. The van der Waals surface area contributed by atoms with Crippen LogP contribution in [0.25, 0.3) is 0 Å². The van der Waals surface area contributed by atoms with Crippen LogP contribution in [0, 0.1) is 6.92 Å². The summed E-state index contributed by atoms with van der Waals surface area (Å²) in [6.45, 7) is 2.84. The molecule has 1 aromatic heterocycles. The van der Waals surface area contributed by atoms with Gasteiger partial charge in [-0.15, -0.1) is 0 Å². The summed E-state index contributed by atoms with van der Waals surface area (Å²) < 4.78 is 4.62. The SMILES string of the molecule is Cc1ccccc1NC(=O)CNCCc1ncon1. The number of hydrogen-bond donors (Lipinski definition) is 2. The normalized spacial score (nSPS) is 10.4. The van der Waals surface area contributed by atoms with Crippen molar-refractivity contribution in [1.29, 1.82) is 0 Å². The molecule has 100 valence electrons. The molecule has 1 aromatic carbocycles. The van der Waals surface area contributed by atoms with Crippen LogP contribution in [0.5, 0.6) is 0 Å². The second-order valence-corrected chi connectivity index (χ2v) is 4.14. The number of carbonyl (C=O) groups excluding carboxylic acids is 1. The maximum atomic E-state index is 11.7. The van der Waals surface area contributed by atoms with Gasteiger partial charge in [0.15, 0.2) is 5.82 Å². The fraction of sp³-hybridized carbons (Fsp3) is 0.308. The molecule has 1 heterocycles. The molecule has 0 radical (unpaired) electrons. The van der Waals surface area contributed by atoms with Crippen molar-refractivity contribution in [3.8, 4) is 0 Å². The number of para-hydroxylation sites is 1. The first-order valence-corrected chi connectivity index (χ1v) is 6.07. The van der Waals surface area contributed by atoms with Crippen molar-refractivity contribution in [3.05, 3.63) is 42.0 Å². The smallest absolute Gasteiger partial charge is 0.238 e. The quantitative estimate of drug-likeness (QED) is 0.761. The Morgan fingerprint density at radius 1 is 1.37 bits per heavy atom. The fourth-order valence-electron chi connectivity index (χ4n) is 1.61. The maximum Gasteiger partial charge on any atom is 0.238 e. The van der Waals surface area contributed by atoms with Gasteiger partial charge in [-0.1, -0.05) is 23.4 Å². The predicted octanol–water partition coefficient (Wildman–Crippen LogP) is 1.15. The molecule has 2 aromatic rings. The minimum absolute atomic E-state index is 0.0672. The van der Waals surface area contributed by atoms with Crippen LogP contribution >= 0.6 is 0 Å². The van der Waals surface area contributed by atoms with E-state index in [4.69, 9.17) is 0 Å². The van der Waals surface area contributed by atoms with E-state index < -0.39 is 0 Å². The van der Waals surface area contributed by atoms with Crippen LogP contribution in [-0.4, -0.2) is 29.1 Å². The molecular formula is C13H16N4O2. The van der Waals surface area contributed by atoms with Gasteiger partial charge in [-0.25, -0.2) is 0 Å². The minimum Gasteiger partial charge on any atom is -0.343 e. The number of nitrogens with one attached hydrogen (secondary N) is 2. The minimum atomic E-state index is -0.0672. The first kappa shape index (κ1) is 13.2. The van der Waals surface area contributed by atoms with Crippen molar-refractivity contribution in [3.63, 3.8) is 0 Å². The number of anilines is 1. The van der Waals surface area contributed by atoms with E-state index in [2.05, 4.69) is 25.3 Å². The second kappa shape index (κ2) is 6.65. The van der Waals surface area contributed by atoms with Gasteiger partial charge in [0.05, 0.1) is 6.54 Å². The Bertz CT molecular complexity index is 525. The number of carbonyl (C=O) groups is 1. The van der Waals surface area contributed by atoms with Gasteiger partial charge in [0.25, 0.3) is 0 Å². The first-order valence-electron chi connectivity index (χ1n) is 6.07. The monoisotopic (exact) mass is 260 g/mol. The number of amides is 1. The number of nitrogens with zero attached hydrogens (tertiary/aromatic N) is 2. The highest BCUT2D eigenvalue weighted by Gasteiger charge is 2.04. The lowest BCUT2D eigenvalue weighted by molar-refractivity contribution is -0.115. The second-order valence-electron chi connectivity index (χ2n) is 4.14. The molecule has 0 atom stereocenters. The lowest BCUT2D eigenvalue weighted by Gasteiger charge is -2.08. The van der Waals surface area contributed by atoms with Gasteiger partial charge in [-0.2, -0.15) is 4.98 Å². The van der Waals surface area contributed by atoms with Crippen molar-refractivity contribution in [2.75, 3.05) is 18.4 Å². The van der Waals surface area contributed by atoms with Crippen LogP contribution in [0.3, 0.4) is 0 Å². The van der Waals surface area contributed by atoms with Gasteiger partial charge < -0.3 is 15.2 Å². The van der Waals surface area contributed by atoms with Crippen LogP contribution in [0.2, 0.25) is 0 Å². The molecule has 2 N–H and O–H groups in total. The van der Waals surface area contributed by atoms with E-state index in [1.807, 2.05) is 31.2 Å². The van der Waals surface area contributed by atoms with Crippen molar-refractivity contribution in [2.24, 2.45) is 0 Å². The fourth-order valence-corrected chi connectivity index (χ4v) is 1.61. The summed E-state index contributed by atoms with van der Waals surface area (Å²) >= 11 is 0. The first-order chi connectivity index (χ1) is 9.25. The molecule has 0 saturated heterocycles. The lowest BCUT2D eigenvalue weighted by Crippen LogP contribution is -2.29. The highest BCUT2D eigenvalue weighted by atomic mass is 16.5. The van der Waals surface area contributed by atoms with Crippen molar-refractivity contribution in [2.45, 2.75) is 13.3 Å². The highest BCUT2D eigenvalue weighted by Crippen LogP contribution is 2.12. The number of aryl methyl sites for hydroxylation is 1. The van der Waals surface area contributed by atoms with Crippen LogP contribution in [-0.2, 0) is 11.2 Å². The van der Waals surface area contributed by atoms with E-state index in [1.54, 1.807) is 0 Å². The Morgan fingerprint density at radius 3 is 2.95 bits per heavy atom. The van der Waals surface area contributed by atoms with Gasteiger partial charge in [-0.3, -0.25) is 4.79 Å². The molecule has 0 aliphatic rings. The third-order valence-electron chi connectivity index (χ3n) is 2.64. The standard InChI is InChI=1S/C13H16N4O2/c1-10-4-2-3-5-11(10)16-13(18)8-14-7-6-12-15-9-19-17-12/h2-5,9,14H,6-8H2,1H3,(H,16,18). The molecule has 0 aliphatic carbocycles. The molecule has 0 unspecified atom stereocenters. The molecule has 2 rings (SSSR count). The zero-order valence-electron chi connectivity index (χ0n) is 10.7. The van der Waals surface area contributed by atoms with Crippen LogP contribution in [0.4, 0.5) is 5.69 Å². The Balaban J connectivity index is 1.69. The van der Waals surface area contributed by atoms with Crippen molar-refractivity contribution in [1.82, 2.24) is 15.5 Å². The molecule has 0 aliphatic heterocycles. The summed E-state index contributed by atoms with van der Waals surface area (Å²) in [5.41, 5.74) is 1.88. The van der Waals surface area contributed by atoms with E-state index in [0.717, 1.165) is 11.3 Å². The summed E-state index contributed by atoms with van der Waals surface area (Å²) in [6, 6.07) is 7.67. The highest BCUT2D eigenvalue weighted by molar-refractivity contribution is 5.92. The topological polar surface area (TPSA) is 80.0 Å². The number of benzene rings is 1. The van der Waals surface area contributed by atoms with Crippen LogP contribution < -0.4 is 10.6 Å². The number of rotatable bonds is 6. The van der Waals surface area contributed by atoms with Crippen LogP contribution in [0.15, 0.2) is 35.2 Å². The largest absolute Gasteiger partial charge is 0.343 e. The van der Waals surface area contributed by atoms with E-state index in [0.29, 0.717) is 18.8 Å². The van der Waals surface area contributed by atoms with Gasteiger partial charge in [0.2, 0.25) is 12.3 Å². The molecule has 6 nitrogen and oxygen atoms in total. The van der Waals surface area contributed by atoms with Gasteiger partial charge in [0, 0.05) is 18.7 Å². The Morgan fingerprint density at radius 2 is 2.21 bits per heavy atom. The molecule has 0 saturated carbocycles. The summed E-state index contributed by atoms with van der Waals surface area (Å²) in [7, 11) is 0. The van der Waals surface area contributed by atoms with Crippen molar-refractivity contribution >= 4 is 11.6 Å². The molecule has 6 heteroatoms. The zero-order chi connectivity index (χ0) is 13.5. The average Bonchev–Trinajstić information content (AvgIpc) is 2.91. The molecule has 0 bridgehead atoms. The van der Waals surface area contributed by atoms with Crippen LogP contribution in [0.1, 0.15) is 11.4 Å².